The van der Waals surface area contributed by atoms with Crippen molar-refractivity contribution in [1.29, 1.82) is 0 Å². The molecule has 1 fully saturated rings. The third-order valence-electron chi connectivity index (χ3n) is 4.19. The normalized spacial score (nSPS) is 17.3. The maximum absolute atomic E-state index is 12.5. The Hall–Kier alpha value is -1.66. The molecule has 1 aliphatic rings. The molecular formula is C15H27N5O5S2. The second-order valence-electron chi connectivity index (χ2n) is 6.11. The van der Waals surface area contributed by atoms with E-state index in [1.807, 2.05) is 11.8 Å². The summed E-state index contributed by atoms with van der Waals surface area (Å²) in [6.07, 6.45) is 1.35. The monoisotopic (exact) mass is 421 g/mol. The van der Waals surface area contributed by atoms with Gasteiger partial charge in [-0.15, -0.1) is 0 Å². The Labute approximate surface area is 160 Å². The number of aliphatic imine (C=N–C) groups is 1. The summed E-state index contributed by atoms with van der Waals surface area (Å²) >= 11 is 0. The predicted molar refractivity (Wildman–Crippen MR) is 103 cm³/mol. The van der Waals surface area contributed by atoms with Gasteiger partial charge in [0.2, 0.25) is 10.0 Å². The number of sulfonamides is 1. The van der Waals surface area contributed by atoms with Crippen LogP contribution in [0.5, 0.6) is 0 Å². The first-order valence-corrected chi connectivity index (χ1v) is 12.3. The molecule has 154 valence electrons. The van der Waals surface area contributed by atoms with E-state index in [2.05, 4.69) is 20.0 Å². The number of hydrogen-bond acceptors (Lipinski definition) is 7. The van der Waals surface area contributed by atoms with Crippen LogP contribution in [0.3, 0.4) is 0 Å². The van der Waals surface area contributed by atoms with Crippen LogP contribution in [0.4, 0.5) is 0 Å². The van der Waals surface area contributed by atoms with Crippen LogP contribution < -0.4 is 5.32 Å². The molecule has 0 radical (unpaired) electrons. The van der Waals surface area contributed by atoms with Crippen LogP contribution >= 0.6 is 0 Å². The fourth-order valence-electron chi connectivity index (χ4n) is 2.63. The quantitative estimate of drug-likeness (QED) is 0.441. The van der Waals surface area contributed by atoms with Crippen molar-refractivity contribution in [3.05, 3.63) is 18.0 Å². The van der Waals surface area contributed by atoms with Gasteiger partial charge in [0.05, 0.1) is 18.0 Å². The van der Waals surface area contributed by atoms with E-state index in [0.717, 1.165) is 0 Å². The summed E-state index contributed by atoms with van der Waals surface area (Å²) in [4.78, 5) is 6.33. The van der Waals surface area contributed by atoms with E-state index in [4.69, 9.17) is 0 Å². The lowest BCUT2D eigenvalue weighted by atomic mass is 10.4. The van der Waals surface area contributed by atoms with Gasteiger partial charge in [-0.3, -0.25) is 4.99 Å². The van der Waals surface area contributed by atoms with Gasteiger partial charge >= 0.3 is 0 Å². The Morgan fingerprint density at radius 2 is 1.93 bits per heavy atom. The van der Waals surface area contributed by atoms with Gasteiger partial charge < -0.3 is 14.7 Å². The Bertz CT molecular complexity index is 813. The van der Waals surface area contributed by atoms with Gasteiger partial charge in [0.25, 0.3) is 0 Å². The van der Waals surface area contributed by atoms with Gasteiger partial charge in [-0.25, -0.2) is 16.8 Å². The molecule has 1 N–H and O–H groups in total. The van der Waals surface area contributed by atoms with Crippen molar-refractivity contribution in [2.45, 2.75) is 19.6 Å². The fourth-order valence-corrected chi connectivity index (χ4v) is 4.71. The number of nitrogens with one attached hydrogen (secondary N) is 1. The molecule has 27 heavy (non-hydrogen) atoms. The number of nitrogens with zero attached hydrogens (tertiary/aromatic N) is 4. The molecule has 10 nitrogen and oxygen atoms in total. The van der Waals surface area contributed by atoms with Crippen molar-refractivity contribution in [2.24, 2.45) is 4.99 Å². The molecule has 1 aromatic heterocycles. The number of rotatable bonds is 8. The van der Waals surface area contributed by atoms with E-state index in [-0.39, 0.29) is 23.8 Å². The van der Waals surface area contributed by atoms with Crippen LogP contribution in [-0.2, 0) is 25.6 Å². The first kappa shape index (κ1) is 21.6. The Kier molecular flexibility index (Phi) is 7.62. The van der Waals surface area contributed by atoms with E-state index >= 15 is 0 Å². The van der Waals surface area contributed by atoms with E-state index in [1.54, 1.807) is 6.92 Å². The Morgan fingerprint density at radius 1 is 1.22 bits per heavy atom. The SMILES string of the molecule is CCNC(=NCCS(=O)(=O)CC)N1CCN(S(=O)(=O)Cc2ccon2)CC1. The number of sulfone groups is 1. The Balaban J connectivity index is 1.94. The van der Waals surface area contributed by atoms with Crippen molar-refractivity contribution < 1.29 is 21.4 Å². The lowest BCUT2D eigenvalue weighted by Crippen LogP contribution is -2.54. The van der Waals surface area contributed by atoms with Crippen molar-refractivity contribution in [1.82, 2.24) is 19.7 Å². The van der Waals surface area contributed by atoms with Gasteiger partial charge in [0.1, 0.15) is 12.0 Å². The summed E-state index contributed by atoms with van der Waals surface area (Å²) in [6, 6.07) is 1.54. The third kappa shape index (κ3) is 6.47. The lowest BCUT2D eigenvalue weighted by molar-refractivity contribution is 0.260. The summed E-state index contributed by atoms with van der Waals surface area (Å²) < 4.78 is 54.3. The minimum Gasteiger partial charge on any atom is -0.364 e. The van der Waals surface area contributed by atoms with E-state index < -0.39 is 19.9 Å². The molecule has 0 amide bonds. The number of aromatic nitrogens is 1. The van der Waals surface area contributed by atoms with Gasteiger partial charge in [0, 0.05) is 44.5 Å². The van der Waals surface area contributed by atoms with Gasteiger partial charge in [-0.05, 0) is 6.92 Å². The molecule has 0 bridgehead atoms. The molecule has 1 aliphatic heterocycles. The highest BCUT2D eigenvalue weighted by atomic mass is 32.2. The minimum absolute atomic E-state index is 0.00440. The highest BCUT2D eigenvalue weighted by Gasteiger charge is 2.29. The first-order valence-electron chi connectivity index (χ1n) is 8.88. The molecule has 1 saturated heterocycles. The standard InChI is InChI=1S/C15H27N5O5S2/c1-3-16-15(17-6-12-26(21,22)4-2)19-7-9-20(10-8-19)27(23,24)13-14-5-11-25-18-14/h5,11H,3-4,6-10,12-13H2,1-2H3,(H,16,17). The second kappa shape index (κ2) is 9.51. The number of piperazine rings is 1. The minimum atomic E-state index is -3.46. The highest BCUT2D eigenvalue weighted by molar-refractivity contribution is 7.91. The third-order valence-corrected chi connectivity index (χ3v) is 7.69. The zero-order chi connectivity index (χ0) is 19.9. The topological polar surface area (TPSA) is 125 Å². The van der Waals surface area contributed by atoms with Crippen LogP contribution in [0.15, 0.2) is 21.8 Å². The molecule has 12 heteroatoms. The van der Waals surface area contributed by atoms with Crippen LogP contribution in [0.25, 0.3) is 0 Å². The van der Waals surface area contributed by atoms with Crippen molar-refractivity contribution in [2.75, 3.05) is 50.8 Å². The zero-order valence-electron chi connectivity index (χ0n) is 15.7. The largest absolute Gasteiger partial charge is 0.364 e. The predicted octanol–water partition coefficient (Wildman–Crippen LogP) is -0.478. The molecule has 0 aromatic carbocycles. The van der Waals surface area contributed by atoms with Crippen LogP contribution in [0.2, 0.25) is 0 Å². The van der Waals surface area contributed by atoms with Crippen LogP contribution in [0, 0.1) is 0 Å². The molecule has 0 atom stereocenters. The first-order chi connectivity index (χ1) is 12.8. The maximum atomic E-state index is 12.5. The van der Waals surface area contributed by atoms with E-state index in [0.29, 0.717) is 44.4 Å². The summed E-state index contributed by atoms with van der Waals surface area (Å²) in [7, 11) is -6.53. The average molecular weight is 422 g/mol. The van der Waals surface area contributed by atoms with Crippen LogP contribution in [-0.4, -0.2) is 87.9 Å². The molecule has 0 aliphatic carbocycles. The molecule has 0 spiro atoms. The summed E-state index contributed by atoms with van der Waals surface area (Å²) in [5, 5.41) is 6.79. The smallest absolute Gasteiger partial charge is 0.220 e. The maximum Gasteiger partial charge on any atom is 0.220 e. The van der Waals surface area contributed by atoms with Crippen molar-refractivity contribution in [3.63, 3.8) is 0 Å². The second-order valence-corrected chi connectivity index (χ2v) is 10.5. The summed E-state index contributed by atoms with van der Waals surface area (Å²) in [5.74, 6) is 0.523. The summed E-state index contributed by atoms with van der Waals surface area (Å²) in [5.41, 5.74) is 0.379. The molecule has 1 aromatic rings. The van der Waals surface area contributed by atoms with E-state index in [1.165, 1.54) is 16.6 Å². The van der Waals surface area contributed by atoms with Crippen molar-refractivity contribution in [3.8, 4) is 0 Å². The zero-order valence-corrected chi connectivity index (χ0v) is 17.3. The van der Waals surface area contributed by atoms with Crippen molar-refractivity contribution >= 4 is 25.8 Å². The Morgan fingerprint density at radius 3 is 2.48 bits per heavy atom. The number of guanidine groups is 1. The molecule has 2 heterocycles. The molecular weight excluding hydrogens is 394 g/mol. The average Bonchev–Trinajstić information content (AvgIpc) is 3.13. The van der Waals surface area contributed by atoms with Gasteiger partial charge in [-0.2, -0.15) is 4.31 Å². The lowest BCUT2D eigenvalue weighted by Gasteiger charge is -2.35. The molecule has 2 rings (SSSR count). The number of hydrogen-bond donors (Lipinski definition) is 1. The van der Waals surface area contributed by atoms with Gasteiger partial charge in [-0.1, -0.05) is 12.1 Å². The highest BCUT2D eigenvalue weighted by Crippen LogP contribution is 2.13. The fraction of sp³-hybridized carbons (Fsp3) is 0.733. The molecule has 0 unspecified atom stereocenters. The summed E-state index contributed by atoms with van der Waals surface area (Å²) in [6.45, 7) is 5.98. The molecule has 0 saturated carbocycles. The van der Waals surface area contributed by atoms with E-state index in [9.17, 15) is 16.8 Å². The van der Waals surface area contributed by atoms with Crippen LogP contribution in [0.1, 0.15) is 19.5 Å². The van der Waals surface area contributed by atoms with Gasteiger partial charge in [0.15, 0.2) is 15.8 Å².